The molecular weight excluding hydrogens is 608 g/mol. The van der Waals surface area contributed by atoms with Gasteiger partial charge in [-0.05, 0) is 78.2 Å². The summed E-state index contributed by atoms with van der Waals surface area (Å²) in [5.74, 6) is 5.83. The molecule has 1 aliphatic heterocycles. The third-order valence-corrected chi connectivity index (χ3v) is 5.72. The van der Waals surface area contributed by atoms with Gasteiger partial charge in [0.2, 0.25) is 0 Å². The molecule has 0 aromatic heterocycles. The maximum Gasteiger partial charge on any atom is 0.431 e. The van der Waals surface area contributed by atoms with Gasteiger partial charge in [-0.25, -0.2) is 0 Å². The van der Waals surface area contributed by atoms with E-state index in [9.17, 15) is 10.0 Å². The van der Waals surface area contributed by atoms with Crippen LogP contribution in [0.2, 0.25) is 46.9 Å². The Morgan fingerprint density at radius 1 is 0.723 bits per heavy atom. The second kappa shape index (κ2) is 28.6. The minimum atomic E-state index is -1.02. The Morgan fingerprint density at radius 2 is 1.06 bits per heavy atom. The van der Waals surface area contributed by atoms with Crippen molar-refractivity contribution >= 4 is 59.6 Å². The fourth-order valence-corrected chi connectivity index (χ4v) is 3.93. The third-order valence-electron chi connectivity index (χ3n) is 4.72. The van der Waals surface area contributed by atoms with Gasteiger partial charge >= 0.3 is 28.2 Å². The SMILES string of the molecule is C#CC.C1CCOC1.CB(O)N=C(NB(C)O)Nc1ccccc1.CB(O)N=C(NB(C)O)Nc1ccccc1.CC#C[Si](C)(C)C. The van der Waals surface area contributed by atoms with Gasteiger partial charge in [-0.3, -0.25) is 9.81 Å². The van der Waals surface area contributed by atoms with E-state index in [1.165, 1.54) is 26.5 Å². The topological polar surface area (TPSA) is 163 Å². The van der Waals surface area contributed by atoms with Crippen molar-refractivity contribution in [2.75, 3.05) is 23.8 Å². The molecule has 16 heteroatoms. The molecule has 8 N–H and O–H groups in total. The number of hydrogen-bond acceptors (Lipinski definition) is 7. The predicted molar refractivity (Wildman–Crippen MR) is 208 cm³/mol. The first-order valence-electron chi connectivity index (χ1n) is 15.6. The number of hydrogen-bond donors (Lipinski definition) is 8. The van der Waals surface area contributed by atoms with Crippen molar-refractivity contribution in [3.63, 3.8) is 0 Å². The Labute approximate surface area is 286 Å². The fourth-order valence-electron chi connectivity index (χ4n) is 3.18. The van der Waals surface area contributed by atoms with Gasteiger partial charge < -0.3 is 45.9 Å². The summed E-state index contributed by atoms with van der Waals surface area (Å²) in [6.07, 6.45) is 7.15. The Balaban J connectivity index is 0. The second-order valence-corrected chi connectivity index (χ2v) is 15.8. The molecule has 0 radical (unpaired) electrons. The molecule has 1 fully saturated rings. The fraction of sp³-hybridized carbons (Fsp3) is 0.419. The Hall–Kier alpha value is -3.62. The summed E-state index contributed by atoms with van der Waals surface area (Å²) in [4.78, 5) is 7.80. The monoisotopic (exact) mass is 662 g/mol. The van der Waals surface area contributed by atoms with Crippen LogP contribution in [0.25, 0.3) is 0 Å². The van der Waals surface area contributed by atoms with E-state index in [0.29, 0.717) is 11.9 Å². The molecule has 47 heavy (non-hydrogen) atoms. The summed E-state index contributed by atoms with van der Waals surface area (Å²) < 4.78 is 4.94. The third kappa shape index (κ3) is 33.6. The summed E-state index contributed by atoms with van der Waals surface area (Å²) in [7, 11) is -4.17. The lowest BCUT2D eigenvalue weighted by Gasteiger charge is -2.13. The van der Waals surface area contributed by atoms with Gasteiger partial charge in [-0.15, -0.1) is 23.8 Å². The highest BCUT2D eigenvalue weighted by molar-refractivity contribution is 6.83. The van der Waals surface area contributed by atoms with Crippen LogP contribution in [0.1, 0.15) is 26.7 Å². The number of terminal acetylenes is 1. The Kier molecular flexibility index (Phi) is 27.7. The predicted octanol–water partition coefficient (Wildman–Crippen LogP) is 3.85. The first-order valence-corrected chi connectivity index (χ1v) is 19.1. The van der Waals surface area contributed by atoms with E-state index in [-0.39, 0.29) is 0 Å². The van der Waals surface area contributed by atoms with E-state index in [4.69, 9.17) is 14.8 Å². The molecule has 0 bridgehead atoms. The maximum absolute atomic E-state index is 9.20. The number of guanidine groups is 2. The number of ether oxygens (including phenoxy) is 1. The van der Waals surface area contributed by atoms with Crippen LogP contribution in [0.3, 0.4) is 0 Å². The number of benzene rings is 2. The van der Waals surface area contributed by atoms with Crippen molar-refractivity contribution in [3.05, 3.63) is 60.7 Å². The molecule has 0 aliphatic carbocycles. The summed E-state index contributed by atoms with van der Waals surface area (Å²) in [5, 5.41) is 48.0. The van der Waals surface area contributed by atoms with Gasteiger partial charge in [0.15, 0.2) is 11.9 Å². The zero-order valence-electron chi connectivity index (χ0n) is 29.6. The smallest absolute Gasteiger partial charge is 0.431 e. The van der Waals surface area contributed by atoms with Gasteiger partial charge in [-0.1, -0.05) is 56.0 Å². The number of nitrogens with one attached hydrogen (secondary N) is 4. The normalized spacial score (nSPS) is 11.6. The van der Waals surface area contributed by atoms with Crippen molar-refractivity contribution in [2.45, 2.75) is 73.6 Å². The first kappa shape index (κ1) is 45.5. The van der Waals surface area contributed by atoms with Crippen LogP contribution in [0.15, 0.2) is 70.5 Å². The van der Waals surface area contributed by atoms with Gasteiger partial charge in [0, 0.05) is 24.6 Å². The number of rotatable bonds is 6. The highest BCUT2D eigenvalue weighted by atomic mass is 28.3. The molecule has 11 nitrogen and oxygen atoms in total. The summed E-state index contributed by atoms with van der Waals surface area (Å²) in [6.45, 7) is 18.5. The highest BCUT2D eigenvalue weighted by Gasteiger charge is 2.11. The molecule has 0 spiro atoms. The van der Waals surface area contributed by atoms with Crippen molar-refractivity contribution < 1.29 is 24.8 Å². The van der Waals surface area contributed by atoms with E-state index in [1.54, 1.807) is 20.6 Å². The molecular formula is C31H54B4N6O5Si. The molecule has 2 aromatic rings. The lowest BCUT2D eigenvalue weighted by atomic mass is 9.88. The molecule has 0 amide bonds. The van der Waals surface area contributed by atoms with Crippen LogP contribution in [-0.4, -0.2) is 81.5 Å². The van der Waals surface area contributed by atoms with Gasteiger partial charge in [0.1, 0.15) is 8.07 Å². The van der Waals surface area contributed by atoms with E-state index in [0.717, 1.165) is 24.6 Å². The molecule has 3 rings (SSSR count). The van der Waals surface area contributed by atoms with Crippen LogP contribution >= 0.6 is 0 Å². The second-order valence-electron chi connectivity index (χ2n) is 11.1. The van der Waals surface area contributed by atoms with Gasteiger partial charge in [0.25, 0.3) is 0 Å². The summed E-state index contributed by atoms with van der Waals surface area (Å²) >= 11 is 0. The highest BCUT2D eigenvalue weighted by Crippen LogP contribution is 2.05. The van der Waals surface area contributed by atoms with E-state index >= 15 is 0 Å². The number of anilines is 2. The van der Waals surface area contributed by atoms with E-state index in [2.05, 4.69) is 74.3 Å². The Morgan fingerprint density at radius 3 is 1.26 bits per heavy atom. The molecule has 1 heterocycles. The average Bonchev–Trinajstić information content (AvgIpc) is 3.54. The zero-order chi connectivity index (χ0) is 36.1. The van der Waals surface area contributed by atoms with Crippen LogP contribution < -0.4 is 21.1 Å². The quantitative estimate of drug-likeness (QED) is 0.0995. The van der Waals surface area contributed by atoms with Gasteiger partial charge in [0.05, 0.1) is 0 Å². The molecule has 1 saturated heterocycles. The zero-order valence-corrected chi connectivity index (χ0v) is 30.6. The first-order chi connectivity index (χ1) is 22.1. The molecule has 0 saturated carbocycles. The lowest BCUT2D eigenvalue weighted by molar-refractivity contribution is 0.198. The van der Waals surface area contributed by atoms with E-state index in [1.807, 2.05) is 67.6 Å². The number of nitrogens with zero attached hydrogens (tertiary/aromatic N) is 2. The van der Waals surface area contributed by atoms with Crippen LogP contribution in [-0.2, 0) is 4.74 Å². The summed E-state index contributed by atoms with van der Waals surface area (Å²) in [6, 6.07) is 18.8. The minimum Gasteiger partial charge on any atom is -0.433 e. The van der Waals surface area contributed by atoms with Gasteiger partial charge in [-0.2, -0.15) is 0 Å². The number of para-hydroxylation sites is 2. The largest absolute Gasteiger partial charge is 0.433 e. The van der Waals surface area contributed by atoms with Crippen molar-refractivity contribution in [1.29, 1.82) is 0 Å². The average molecular weight is 662 g/mol. The van der Waals surface area contributed by atoms with Crippen molar-refractivity contribution in [1.82, 2.24) is 10.5 Å². The van der Waals surface area contributed by atoms with Crippen molar-refractivity contribution in [3.8, 4) is 23.8 Å². The van der Waals surface area contributed by atoms with Crippen LogP contribution in [0.4, 0.5) is 11.4 Å². The lowest BCUT2D eigenvalue weighted by Crippen LogP contribution is -2.41. The molecule has 0 unspecified atom stereocenters. The maximum atomic E-state index is 9.20. The molecule has 1 aliphatic rings. The molecule has 2 aromatic carbocycles. The summed E-state index contributed by atoms with van der Waals surface area (Å²) in [5.41, 5.74) is 4.83. The Bertz CT molecular complexity index is 1140. The van der Waals surface area contributed by atoms with Crippen LogP contribution in [0, 0.1) is 23.8 Å². The van der Waals surface area contributed by atoms with Crippen LogP contribution in [0.5, 0.6) is 0 Å². The van der Waals surface area contributed by atoms with Crippen molar-refractivity contribution in [2.24, 2.45) is 9.81 Å². The molecule has 254 valence electrons. The molecule has 0 atom stereocenters. The minimum absolute atomic E-state index is 0.330. The standard InChI is InChI=1S/2C9H15B2N3O2.C6H12Si.C4H8O.C3H4/c2*1-10(15)13-9(14-11(2)16)12-8-6-4-3-5-7-8;1-5-6-7(2,3)4;1-2-4-5-3-1;1-3-2/h2*3-7,15-16H,1-2H3,(H2,12,13,14);1-4H3;1-4H2;1H,2H3. The van der Waals surface area contributed by atoms with E-state index < -0.39 is 36.3 Å².